The molecule has 4 heteroatoms. The summed E-state index contributed by atoms with van der Waals surface area (Å²) in [5.41, 5.74) is 1.31. The second-order valence-corrected chi connectivity index (χ2v) is 13.0. The molecule has 1 heterocycles. The van der Waals surface area contributed by atoms with Gasteiger partial charge in [0.15, 0.2) is 0 Å². The zero-order valence-corrected chi connectivity index (χ0v) is 21.6. The topological polar surface area (TPSA) is 52.6 Å². The summed E-state index contributed by atoms with van der Waals surface area (Å²) in [5, 5.41) is 0. The number of Topliss-reactive ketones (excluding diaryl/α,β-unsaturated/α-hetero) is 1. The lowest BCUT2D eigenvalue weighted by Gasteiger charge is -2.60. The lowest BCUT2D eigenvalue weighted by atomic mass is 9.44. The number of carbonyl (C=O) groups excluding carboxylic acids is 2. The third-order valence-corrected chi connectivity index (χ3v) is 11.0. The molecule has 0 amide bonds. The third kappa shape index (κ3) is 3.52. The van der Waals surface area contributed by atoms with Gasteiger partial charge in [-0.1, -0.05) is 27.7 Å². The molecule has 0 unspecified atom stereocenters. The van der Waals surface area contributed by atoms with Gasteiger partial charge in [-0.15, -0.1) is 0 Å². The summed E-state index contributed by atoms with van der Waals surface area (Å²) >= 11 is 0. The molecule has 9 atom stereocenters. The third-order valence-electron chi connectivity index (χ3n) is 11.0. The maximum Gasteiger partial charge on any atom is 0.302 e. The van der Waals surface area contributed by atoms with E-state index in [1.807, 2.05) is 0 Å². The van der Waals surface area contributed by atoms with Crippen LogP contribution in [0.15, 0.2) is 11.3 Å². The van der Waals surface area contributed by atoms with Crippen LogP contribution in [0.4, 0.5) is 0 Å². The van der Waals surface area contributed by atoms with Crippen molar-refractivity contribution in [2.24, 2.45) is 46.3 Å². The van der Waals surface area contributed by atoms with E-state index in [-0.39, 0.29) is 34.9 Å². The average Bonchev–Trinajstić information content (AvgIpc) is 3.22. The SMILES string of the molecule is CC(=O)O[C@H]1CC[C@@]2(C)[C@@H](CC[C@@H]3[C@@H]2CC(=O)[C@@]2(C)[C@H]3C[C@@H]3OC(CCC(C)C)=C(C)[C@@H]32)C1. The first-order chi connectivity index (χ1) is 15.6. The maximum absolute atomic E-state index is 14.0. The largest absolute Gasteiger partial charge is 0.494 e. The summed E-state index contributed by atoms with van der Waals surface area (Å²) in [6.07, 6.45) is 9.65. The molecule has 1 aliphatic heterocycles. The van der Waals surface area contributed by atoms with E-state index in [4.69, 9.17) is 9.47 Å². The molecule has 184 valence electrons. The van der Waals surface area contributed by atoms with Gasteiger partial charge in [0.1, 0.15) is 18.0 Å². The molecule has 0 spiro atoms. The Bertz CT molecular complexity index is 858. The monoisotopic (exact) mass is 456 g/mol. The molecule has 4 nitrogen and oxygen atoms in total. The van der Waals surface area contributed by atoms with E-state index in [0.717, 1.165) is 44.9 Å². The Labute approximate surface area is 200 Å². The van der Waals surface area contributed by atoms with Gasteiger partial charge in [-0.2, -0.15) is 0 Å². The van der Waals surface area contributed by atoms with Crippen LogP contribution in [0, 0.1) is 46.3 Å². The summed E-state index contributed by atoms with van der Waals surface area (Å²) in [4.78, 5) is 25.5. The number of rotatable bonds is 4. The fourth-order valence-corrected chi connectivity index (χ4v) is 9.25. The Hall–Kier alpha value is -1.32. The number of allylic oxidation sites excluding steroid dienone is 1. The molecule has 0 aromatic carbocycles. The van der Waals surface area contributed by atoms with E-state index in [9.17, 15) is 9.59 Å². The van der Waals surface area contributed by atoms with Crippen LogP contribution < -0.4 is 0 Å². The second-order valence-electron chi connectivity index (χ2n) is 13.0. The van der Waals surface area contributed by atoms with Crippen LogP contribution in [0.25, 0.3) is 0 Å². The van der Waals surface area contributed by atoms with Crippen LogP contribution >= 0.6 is 0 Å². The van der Waals surface area contributed by atoms with Crippen LogP contribution in [-0.2, 0) is 19.1 Å². The Morgan fingerprint density at radius 3 is 2.61 bits per heavy atom. The van der Waals surface area contributed by atoms with Crippen molar-refractivity contribution in [2.75, 3.05) is 0 Å². The lowest BCUT2D eigenvalue weighted by molar-refractivity contribution is -0.165. The van der Waals surface area contributed by atoms with Crippen molar-refractivity contribution in [3.8, 4) is 0 Å². The van der Waals surface area contributed by atoms with E-state index in [2.05, 4.69) is 34.6 Å². The van der Waals surface area contributed by atoms with Gasteiger partial charge in [-0.25, -0.2) is 0 Å². The van der Waals surface area contributed by atoms with Gasteiger partial charge in [0.05, 0.1) is 5.76 Å². The van der Waals surface area contributed by atoms with Gasteiger partial charge in [-0.3, -0.25) is 9.59 Å². The van der Waals surface area contributed by atoms with Crippen molar-refractivity contribution < 1.29 is 19.1 Å². The quantitative estimate of drug-likeness (QED) is 0.455. The molecule has 0 N–H and O–H groups in total. The molecule has 5 aliphatic rings. The Balaban J connectivity index is 1.38. The predicted molar refractivity (Wildman–Crippen MR) is 128 cm³/mol. The molecule has 0 saturated heterocycles. The first-order valence-electron chi connectivity index (χ1n) is 13.6. The molecule has 0 aromatic rings. The van der Waals surface area contributed by atoms with E-state index in [0.29, 0.717) is 35.4 Å². The van der Waals surface area contributed by atoms with Crippen molar-refractivity contribution >= 4 is 11.8 Å². The number of carbonyl (C=O) groups is 2. The van der Waals surface area contributed by atoms with Crippen LogP contribution in [-0.4, -0.2) is 24.0 Å². The smallest absolute Gasteiger partial charge is 0.302 e. The molecule has 0 aromatic heterocycles. The minimum Gasteiger partial charge on any atom is -0.494 e. The van der Waals surface area contributed by atoms with Crippen LogP contribution in [0.3, 0.4) is 0 Å². The van der Waals surface area contributed by atoms with E-state index >= 15 is 0 Å². The summed E-state index contributed by atoms with van der Waals surface area (Å²) in [6, 6.07) is 0. The predicted octanol–water partition coefficient (Wildman–Crippen LogP) is 6.47. The molecule has 0 bridgehead atoms. The second kappa shape index (κ2) is 8.12. The van der Waals surface area contributed by atoms with Gasteiger partial charge >= 0.3 is 5.97 Å². The van der Waals surface area contributed by atoms with E-state index in [1.54, 1.807) is 0 Å². The van der Waals surface area contributed by atoms with Crippen molar-refractivity contribution in [3.63, 3.8) is 0 Å². The number of hydrogen-bond donors (Lipinski definition) is 0. The van der Waals surface area contributed by atoms with Crippen molar-refractivity contribution in [2.45, 2.75) is 112 Å². The first kappa shape index (κ1) is 23.4. The first-order valence-corrected chi connectivity index (χ1v) is 13.6. The normalized spacial score (nSPS) is 46.4. The highest BCUT2D eigenvalue weighted by Gasteiger charge is 2.67. The minimum absolute atomic E-state index is 0.0676. The number of ketones is 1. The van der Waals surface area contributed by atoms with Crippen molar-refractivity contribution in [1.29, 1.82) is 0 Å². The molecule has 4 aliphatic carbocycles. The van der Waals surface area contributed by atoms with Gasteiger partial charge in [0.25, 0.3) is 0 Å². The van der Waals surface area contributed by atoms with Gasteiger partial charge in [0, 0.05) is 31.1 Å². The highest BCUT2D eigenvalue weighted by molar-refractivity contribution is 5.87. The molecular weight excluding hydrogens is 412 g/mol. The van der Waals surface area contributed by atoms with Crippen molar-refractivity contribution in [3.05, 3.63) is 11.3 Å². The van der Waals surface area contributed by atoms with E-state index in [1.165, 1.54) is 31.1 Å². The van der Waals surface area contributed by atoms with Gasteiger partial charge in [-0.05, 0) is 92.4 Å². The number of ether oxygens (including phenoxy) is 2. The highest BCUT2D eigenvalue weighted by atomic mass is 16.5. The van der Waals surface area contributed by atoms with Crippen LogP contribution in [0.1, 0.15) is 99.3 Å². The summed E-state index contributed by atoms with van der Waals surface area (Å²) in [5.74, 6) is 4.59. The zero-order valence-electron chi connectivity index (χ0n) is 21.6. The standard InChI is InChI=1S/C29H44O4/c1-16(2)7-10-24-17(3)27-25(33-24)14-23-21-9-8-19-13-20(32-18(4)30)11-12-28(19,5)22(21)15-26(31)29(23,27)6/h16,19-23,25,27H,7-15H2,1-6H3/t19-,20-,21+,22-,23-,25-,27-,28-,29+/m0/s1. The lowest BCUT2D eigenvalue weighted by Crippen LogP contribution is -2.57. The number of fused-ring (bicyclic) bond motifs is 7. The highest BCUT2D eigenvalue weighted by Crippen LogP contribution is 2.68. The van der Waals surface area contributed by atoms with Crippen LogP contribution in [0.5, 0.6) is 0 Å². The zero-order chi connectivity index (χ0) is 23.7. The molecule has 0 radical (unpaired) electrons. The van der Waals surface area contributed by atoms with Gasteiger partial charge in [0.2, 0.25) is 0 Å². The molecule has 4 fully saturated rings. The fraction of sp³-hybridized carbons (Fsp3) is 0.862. The Morgan fingerprint density at radius 2 is 1.91 bits per heavy atom. The average molecular weight is 457 g/mol. The Morgan fingerprint density at radius 1 is 1.15 bits per heavy atom. The summed E-state index contributed by atoms with van der Waals surface area (Å²) in [6.45, 7) is 13.1. The number of hydrogen-bond acceptors (Lipinski definition) is 4. The maximum atomic E-state index is 14.0. The van der Waals surface area contributed by atoms with Gasteiger partial charge < -0.3 is 9.47 Å². The molecular formula is C29H44O4. The minimum atomic E-state index is -0.256. The summed E-state index contributed by atoms with van der Waals surface area (Å²) < 4.78 is 12.2. The fourth-order valence-electron chi connectivity index (χ4n) is 9.25. The molecule has 5 rings (SSSR count). The molecule has 4 saturated carbocycles. The molecule has 33 heavy (non-hydrogen) atoms. The van der Waals surface area contributed by atoms with Crippen LogP contribution in [0.2, 0.25) is 0 Å². The number of esters is 1. The van der Waals surface area contributed by atoms with E-state index < -0.39 is 0 Å². The van der Waals surface area contributed by atoms with Crippen molar-refractivity contribution in [1.82, 2.24) is 0 Å². The Kier molecular flexibility index (Phi) is 5.77. The summed E-state index contributed by atoms with van der Waals surface area (Å²) in [7, 11) is 0.